The van der Waals surface area contributed by atoms with Crippen LogP contribution < -0.4 is 5.32 Å². The third-order valence-electron chi connectivity index (χ3n) is 2.09. The number of nitrogens with one attached hydrogen (secondary N) is 1. The topological polar surface area (TPSA) is 38.3 Å². The van der Waals surface area contributed by atoms with Crippen LogP contribution in [-0.4, -0.2) is 31.1 Å². The SMILES string of the molecule is CC(NC(=O)C(F)F)C1CCCO1. The minimum Gasteiger partial charge on any atom is -0.376 e. The van der Waals surface area contributed by atoms with Crippen LogP contribution in [0.1, 0.15) is 19.8 Å². The number of halogens is 2. The summed E-state index contributed by atoms with van der Waals surface area (Å²) in [6.07, 6.45) is -1.30. The largest absolute Gasteiger partial charge is 0.376 e. The van der Waals surface area contributed by atoms with Gasteiger partial charge in [0.2, 0.25) is 0 Å². The summed E-state index contributed by atoms with van der Waals surface area (Å²) in [5.74, 6) is -1.22. The Bertz CT molecular complexity index is 181. The van der Waals surface area contributed by atoms with Gasteiger partial charge in [0, 0.05) is 6.61 Å². The molecule has 1 saturated heterocycles. The fourth-order valence-corrected chi connectivity index (χ4v) is 1.38. The van der Waals surface area contributed by atoms with Gasteiger partial charge < -0.3 is 10.1 Å². The van der Waals surface area contributed by atoms with Gasteiger partial charge in [-0.2, -0.15) is 8.78 Å². The molecule has 2 unspecified atom stereocenters. The molecule has 1 aliphatic rings. The number of hydrogen-bond donors (Lipinski definition) is 1. The third kappa shape index (κ3) is 2.91. The maximum Gasteiger partial charge on any atom is 0.315 e. The Kier molecular flexibility index (Phi) is 3.59. The number of hydrogen-bond acceptors (Lipinski definition) is 2. The average Bonchev–Trinajstić information content (AvgIpc) is 2.55. The predicted octanol–water partition coefficient (Wildman–Crippen LogP) is 0.935. The molecule has 1 fully saturated rings. The number of carbonyl (C=O) groups excluding carboxylic acids is 1. The maximum atomic E-state index is 11.8. The third-order valence-corrected chi connectivity index (χ3v) is 2.09. The Morgan fingerprint density at radius 2 is 2.31 bits per heavy atom. The van der Waals surface area contributed by atoms with Crippen LogP contribution in [0.3, 0.4) is 0 Å². The van der Waals surface area contributed by atoms with Crippen molar-refractivity contribution in [2.24, 2.45) is 0 Å². The van der Waals surface area contributed by atoms with E-state index in [-0.39, 0.29) is 12.1 Å². The first kappa shape index (κ1) is 10.4. The molecule has 5 heteroatoms. The van der Waals surface area contributed by atoms with E-state index in [1.807, 2.05) is 0 Å². The maximum absolute atomic E-state index is 11.8. The lowest BCUT2D eigenvalue weighted by molar-refractivity contribution is -0.133. The molecule has 1 amide bonds. The van der Waals surface area contributed by atoms with Gasteiger partial charge in [0.1, 0.15) is 0 Å². The first-order valence-electron chi connectivity index (χ1n) is 4.31. The summed E-state index contributed by atoms with van der Waals surface area (Å²) in [7, 11) is 0. The van der Waals surface area contributed by atoms with E-state index in [2.05, 4.69) is 5.32 Å². The van der Waals surface area contributed by atoms with Gasteiger partial charge in [0.05, 0.1) is 12.1 Å². The molecule has 0 aromatic carbocycles. The Hall–Kier alpha value is -0.710. The smallest absolute Gasteiger partial charge is 0.315 e. The quantitative estimate of drug-likeness (QED) is 0.724. The highest BCUT2D eigenvalue weighted by Gasteiger charge is 2.26. The second-order valence-corrected chi connectivity index (χ2v) is 3.15. The van der Waals surface area contributed by atoms with Crippen LogP contribution in [-0.2, 0) is 9.53 Å². The fraction of sp³-hybridized carbons (Fsp3) is 0.875. The van der Waals surface area contributed by atoms with E-state index >= 15 is 0 Å². The van der Waals surface area contributed by atoms with E-state index < -0.39 is 12.3 Å². The van der Waals surface area contributed by atoms with Crippen LogP contribution in [0.25, 0.3) is 0 Å². The molecular weight excluding hydrogens is 180 g/mol. The highest BCUT2D eigenvalue weighted by atomic mass is 19.3. The van der Waals surface area contributed by atoms with Crippen molar-refractivity contribution in [2.45, 2.75) is 38.3 Å². The van der Waals surface area contributed by atoms with Gasteiger partial charge in [-0.3, -0.25) is 4.79 Å². The second kappa shape index (κ2) is 4.50. The summed E-state index contributed by atoms with van der Waals surface area (Å²) in [6, 6.07) is -0.330. The summed E-state index contributed by atoms with van der Waals surface area (Å²) in [5, 5.41) is 2.21. The molecule has 1 aliphatic heterocycles. The van der Waals surface area contributed by atoms with Crippen LogP contribution in [0.2, 0.25) is 0 Å². The van der Waals surface area contributed by atoms with Gasteiger partial charge in [-0.25, -0.2) is 0 Å². The molecule has 76 valence electrons. The molecule has 0 radical (unpaired) electrons. The van der Waals surface area contributed by atoms with E-state index in [9.17, 15) is 13.6 Å². The van der Waals surface area contributed by atoms with Crippen molar-refractivity contribution in [3.05, 3.63) is 0 Å². The Labute approximate surface area is 75.4 Å². The van der Waals surface area contributed by atoms with E-state index in [1.165, 1.54) is 0 Å². The van der Waals surface area contributed by atoms with E-state index in [0.717, 1.165) is 12.8 Å². The van der Waals surface area contributed by atoms with Crippen LogP contribution >= 0.6 is 0 Å². The highest BCUT2D eigenvalue weighted by molar-refractivity contribution is 5.79. The van der Waals surface area contributed by atoms with Crippen LogP contribution in [0.4, 0.5) is 8.78 Å². The number of carbonyl (C=O) groups is 1. The first-order valence-corrected chi connectivity index (χ1v) is 4.31. The fourth-order valence-electron chi connectivity index (χ4n) is 1.38. The van der Waals surface area contributed by atoms with Crippen LogP contribution in [0.15, 0.2) is 0 Å². The van der Waals surface area contributed by atoms with Gasteiger partial charge in [-0.15, -0.1) is 0 Å². The lowest BCUT2D eigenvalue weighted by Crippen LogP contribution is -2.43. The van der Waals surface area contributed by atoms with Gasteiger partial charge in [-0.1, -0.05) is 0 Å². The van der Waals surface area contributed by atoms with Gasteiger partial charge >= 0.3 is 6.43 Å². The number of rotatable bonds is 3. The van der Waals surface area contributed by atoms with Gasteiger partial charge in [0.25, 0.3) is 5.91 Å². The van der Waals surface area contributed by atoms with Crippen molar-refractivity contribution >= 4 is 5.91 Å². The monoisotopic (exact) mass is 193 g/mol. The lowest BCUT2D eigenvalue weighted by Gasteiger charge is -2.19. The minimum absolute atomic E-state index is 0.109. The van der Waals surface area contributed by atoms with E-state index in [1.54, 1.807) is 6.92 Å². The predicted molar refractivity (Wildman–Crippen MR) is 42.6 cm³/mol. The molecule has 3 nitrogen and oxygen atoms in total. The molecule has 0 saturated carbocycles. The molecule has 1 heterocycles. The Morgan fingerprint density at radius 1 is 1.62 bits per heavy atom. The molecule has 0 aliphatic carbocycles. The summed E-state index contributed by atoms with van der Waals surface area (Å²) in [4.78, 5) is 10.6. The van der Waals surface area contributed by atoms with Crippen molar-refractivity contribution in [3.63, 3.8) is 0 Å². The standard InChI is InChI=1S/C8H13F2NO2/c1-5(6-3-2-4-13-6)11-8(12)7(9)10/h5-7H,2-4H2,1H3,(H,11,12). The normalized spacial score (nSPS) is 24.8. The summed E-state index contributed by atoms with van der Waals surface area (Å²) in [6.45, 7) is 2.33. The van der Waals surface area contributed by atoms with E-state index in [4.69, 9.17) is 4.74 Å². The molecule has 0 spiro atoms. The zero-order chi connectivity index (χ0) is 9.84. The summed E-state index contributed by atoms with van der Waals surface area (Å²) < 4.78 is 28.9. The summed E-state index contributed by atoms with van der Waals surface area (Å²) >= 11 is 0. The number of amides is 1. The van der Waals surface area contributed by atoms with Crippen molar-refractivity contribution in [1.82, 2.24) is 5.32 Å². The minimum atomic E-state index is -2.94. The van der Waals surface area contributed by atoms with Gasteiger partial charge in [0.15, 0.2) is 0 Å². The zero-order valence-corrected chi connectivity index (χ0v) is 7.43. The molecule has 0 aromatic rings. The van der Waals surface area contributed by atoms with Crippen LogP contribution in [0, 0.1) is 0 Å². The van der Waals surface area contributed by atoms with Crippen molar-refractivity contribution in [3.8, 4) is 0 Å². The highest BCUT2D eigenvalue weighted by Crippen LogP contribution is 2.15. The molecule has 13 heavy (non-hydrogen) atoms. The molecular formula is C8H13F2NO2. The first-order chi connectivity index (χ1) is 6.11. The molecule has 1 rings (SSSR count). The molecule has 0 aromatic heterocycles. The van der Waals surface area contributed by atoms with Crippen molar-refractivity contribution < 1.29 is 18.3 Å². The molecule has 2 atom stereocenters. The molecule has 0 bridgehead atoms. The average molecular weight is 193 g/mol. The summed E-state index contributed by atoms with van der Waals surface area (Å²) in [5.41, 5.74) is 0. The number of alkyl halides is 2. The zero-order valence-electron chi connectivity index (χ0n) is 7.43. The van der Waals surface area contributed by atoms with E-state index in [0.29, 0.717) is 6.61 Å². The van der Waals surface area contributed by atoms with Crippen molar-refractivity contribution in [2.75, 3.05) is 6.61 Å². The number of ether oxygens (including phenoxy) is 1. The molecule has 1 N–H and O–H groups in total. The lowest BCUT2D eigenvalue weighted by atomic mass is 10.1. The van der Waals surface area contributed by atoms with Crippen LogP contribution in [0.5, 0.6) is 0 Å². The Balaban J connectivity index is 2.31. The Morgan fingerprint density at radius 3 is 2.77 bits per heavy atom. The van der Waals surface area contributed by atoms with Gasteiger partial charge in [-0.05, 0) is 19.8 Å². The van der Waals surface area contributed by atoms with Crippen molar-refractivity contribution in [1.29, 1.82) is 0 Å². The second-order valence-electron chi connectivity index (χ2n) is 3.15.